The van der Waals surface area contributed by atoms with E-state index in [2.05, 4.69) is 15.4 Å². The molecule has 3 N–H and O–H groups in total. The molecule has 33 heavy (non-hydrogen) atoms. The van der Waals surface area contributed by atoms with Crippen LogP contribution in [0.3, 0.4) is 0 Å². The van der Waals surface area contributed by atoms with E-state index in [9.17, 15) is 18.0 Å². The molecule has 0 saturated carbocycles. The molecule has 0 fully saturated rings. The maximum absolute atomic E-state index is 13.2. The second kappa shape index (κ2) is 9.11. The van der Waals surface area contributed by atoms with E-state index in [1.54, 1.807) is 68.7 Å². The van der Waals surface area contributed by atoms with Gasteiger partial charge < -0.3 is 15.5 Å². The molecule has 0 heterocycles. The summed E-state index contributed by atoms with van der Waals surface area (Å²) in [5.74, 6) is -0.135. The molecule has 0 aliphatic rings. The number of nitrogens with one attached hydrogen (secondary N) is 3. The fraction of sp³-hybridized carbons (Fsp3) is 0.250. The topological polar surface area (TPSA) is 108 Å². The summed E-state index contributed by atoms with van der Waals surface area (Å²) >= 11 is 0. The monoisotopic (exact) mass is 468 g/mol. The van der Waals surface area contributed by atoms with Crippen LogP contribution in [0.25, 0.3) is 10.8 Å². The third-order valence-corrected chi connectivity index (χ3v) is 6.34. The fourth-order valence-electron chi connectivity index (χ4n) is 3.00. The maximum Gasteiger partial charge on any atom is 0.321 e. The number of rotatable bonds is 5. The van der Waals surface area contributed by atoms with Gasteiger partial charge in [0.05, 0.1) is 10.6 Å². The van der Waals surface area contributed by atoms with Gasteiger partial charge in [-0.15, -0.1) is 0 Å². The van der Waals surface area contributed by atoms with E-state index in [1.807, 2.05) is 20.8 Å². The number of carbonyl (C=O) groups excluding carboxylic acids is 2. The highest BCUT2D eigenvalue weighted by Gasteiger charge is 2.22. The Morgan fingerprint density at radius 1 is 0.788 bits per heavy atom. The first-order chi connectivity index (χ1) is 15.4. The lowest BCUT2D eigenvalue weighted by molar-refractivity contribution is -0.123. The van der Waals surface area contributed by atoms with Gasteiger partial charge in [0, 0.05) is 41.7 Å². The average Bonchev–Trinajstić information content (AvgIpc) is 2.74. The second-order valence-corrected chi connectivity index (χ2v) is 10.5. The van der Waals surface area contributed by atoms with Crippen LogP contribution in [0.15, 0.2) is 65.6 Å². The molecule has 0 aromatic heterocycles. The number of hydrogen-bond donors (Lipinski definition) is 3. The van der Waals surface area contributed by atoms with Crippen molar-refractivity contribution in [2.45, 2.75) is 25.7 Å². The van der Waals surface area contributed by atoms with Gasteiger partial charge in [0.2, 0.25) is 5.91 Å². The molecule has 3 aromatic carbocycles. The Hall–Kier alpha value is -3.59. The van der Waals surface area contributed by atoms with Crippen LogP contribution in [0.2, 0.25) is 0 Å². The van der Waals surface area contributed by atoms with E-state index < -0.39 is 15.4 Å². The minimum Gasteiger partial charge on any atom is -0.331 e. The Morgan fingerprint density at radius 3 is 1.97 bits per heavy atom. The van der Waals surface area contributed by atoms with Gasteiger partial charge in [-0.3, -0.25) is 9.52 Å². The quantitative estimate of drug-likeness (QED) is 0.504. The Bertz CT molecular complexity index is 1290. The van der Waals surface area contributed by atoms with Crippen molar-refractivity contribution >= 4 is 49.8 Å². The molecule has 0 spiro atoms. The van der Waals surface area contributed by atoms with Gasteiger partial charge in [0.1, 0.15) is 0 Å². The second-order valence-electron chi connectivity index (χ2n) is 8.87. The molecule has 3 amide bonds. The first kappa shape index (κ1) is 24.1. The SMILES string of the molecule is CN(C)C(=O)Nc1cccc2c(S(=O)(=O)Nc3ccc(NC(=O)C(C)(C)C)cc3)cccc12. The largest absolute Gasteiger partial charge is 0.331 e. The number of benzene rings is 3. The van der Waals surface area contributed by atoms with Crippen molar-refractivity contribution < 1.29 is 18.0 Å². The number of fused-ring (bicyclic) bond motifs is 1. The zero-order valence-electron chi connectivity index (χ0n) is 19.3. The molecular weight excluding hydrogens is 440 g/mol. The predicted molar refractivity (Wildman–Crippen MR) is 132 cm³/mol. The number of carbonyl (C=O) groups is 2. The standard InChI is InChI=1S/C24H28N4O4S/c1-24(2,3)22(29)25-16-12-14-17(15-13-16)27-33(31,32)21-11-7-8-18-19(21)9-6-10-20(18)26-23(30)28(4)5/h6-15,27H,1-5H3,(H,25,29)(H,26,30). The fourth-order valence-corrected chi connectivity index (χ4v) is 4.28. The van der Waals surface area contributed by atoms with Gasteiger partial charge >= 0.3 is 6.03 Å². The number of anilines is 3. The number of hydrogen-bond acceptors (Lipinski definition) is 4. The van der Waals surface area contributed by atoms with Crippen molar-refractivity contribution in [3.05, 3.63) is 60.7 Å². The molecule has 0 atom stereocenters. The lowest BCUT2D eigenvalue weighted by atomic mass is 9.95. The van der Waals surface area contributed by atoms with Crippen LogP contribution < -0.4 is 15.4 Å². The molecule has 0 radical (unpaired) electrons. The highest BCUT2D eigenvalue weighted by Crippen LogP contribution is 2.30. The highest BCUT2D eigenvalue weighted by atomic mass is 32.2. The van der Waals surface area contributed by atoms with Crippen LogP contribution >= 0.6 is 0 Å². The van der Waals surface area contributed by atoms with E-state index in [0.29, 0.717) is 27.8 Å². The summed E-state index contributed by atoms with van der Waals surface area (Å²) < 4.78 is 28.9. The molecule has 3 aromatic rings. The van der Waals surface area contributed by atoms with Crippen molar-refractivity contribution in [1.82, 2.24) is 4.90 Å². The summed E-state index contributed by atoms with van der Waals surface area (Å²) in [4.78, 5) is 25.7. The molecule has 0 aliphatic carbocycles. The molecule has 0 bridgehead atoms. The molecule has 0 saturated heterocycles. The van der Waals surface area contributed by atoms with Gasteiger partial charge in [-0.2, -0.15) is 0 Å². The van der Waals surface area contributed by atoms with Gasteiger partial charge in [-0.25, -0.2) is 13.2 Å². The van der Waals surface area contributed by atoms with Gasteiger partial charge in [-0.05, 0) is 36.4 Å². The Kier molecular flexibility index (Phi) is 6.64. The maximum atomic E-state index is 13.2. The number of urea groups is 1. The summed E-state index contributed by atoms with van der Waals surface area (Å²) in [6.07, 6.45) is 0. The van der Waals surface area contributed by atoms with Crippen molar-refractivity contribution in [2.24, 2.45) is 5.41 Å². The van der Waals surface area contributed by atoms with Gasteiger partial charge in [0.25, 0.3) is 10.0 Å². The highest BCUT2D eigenvalue weighted by molar-refractivity contribution is 7.93. The number of sulfonamides is 1. The molecule has 174 valence electrons. The predicted octanol–water partition coefficient (Wildman–Crippen LogP) is 4.72. The van der Waals surface area contributed by atoms with E-state index >= 15 is 0 Å². The van der Waals surface area contributed by atoms with Crippen molar-refractivity contribution in [2.75, 3.05) is 29.5 Å². The molecular formula is C24H28N4O4S. The first-order valence-electron chi connectivity index (χ1n) is 10.3. The minimum absolute atomic E-state index is 0.0889. The molecule has 3 rings (SSSR count). The van der Waals surface area contributed by atoms with Crippen LogP contribution in [0.1, 0.15) is 20.8 Å². The normalized spacial score (nSPS) is 11.7. The first-order valence-corrected chi connectivity index (χ1v) is 11.8. The van der Waals surface area contributed by atoms with E-state index in [-0.39, 0.29) is 16.8 Å². The molecule has 0 aliphatic heterocycles. The van der Waals surface area contributed by atoms with Gasteiger partial charge in [-0.1, -0.05) is 45.0 Å². The Morgan fingerprint density at radius 2 is 1.36 bits per heavy atom. The summed E-state index contributed by atoms with van der Waals surface area (Å²) in [5, 5.41) is 6.67. The lowest BCUT2D eigenvalue weighted by Gasteiger charge is -2.18. The lowest BCUT2D eigenvalue weighted by Crippen LogP contribution is -2.27. The third kappa shape index (κ3) is 5.61. The number of nitrogens with zero attached hydrogens (tertiary/aromatic N) is 1. The summed E-state index contributed by atoms with van der Waals surface area (Å²) in [6, 6.07) is 16.1. The molecule has 0 unspecified atom stereocenters. The number of amides is 3. The van der Waals surface area contributed by atoms with Crippen LogP contribution in [0.4, 0.5) is 21.9 Å². The van der Waals surface area contributed by atoms with Crippen LogP contribution in [0.5, 0.6) is 0 Å². The van der Waals surface area contributed by atoms with Crippen molar-refractivity contribution in [3.8, 4) is 0 Å². The van der Waals surface area contributed by atoms with E-state index in [1.165, 1.54) is 11.0 Å². The van der Waals surface area contributed by atoms with E-state index in [4.69, 9.17) is 0 Å². The smallest absolute Gasteiger partial charge is 0.321 e. The zero-order valence-corrected chi connectivity index (χ0v) is 20.1. The van der Waals surface area contributed by atoms with Crippen molar-refractivity contribution in [3.63, 3.8) is 0 Å². The van der Waals surface area contributed by atoms with E-state index in [0.717, 1.165) is 0 Å². The van der Waals surface area contributed by atoms with Crippen molar-refractivity contribution in [1.29, 1.82) is 0 Å². The van der Waals surface area contributed by atoms with Crippen LogP contribution in [-0.2, 0) is 14.8 Å². The van der Waals surface area contributed by atoms with Crippen LogP contribution in [0, 0.1) is 5.41 Å². The van der Waals surface area contributed by atoms with Gasteiger partial charge in [0.15, 0.2) is 0 Å². The summed E-state index contributed by atoms with van der Waals surface area (Å²) in [7, 11) is -0.671. The average molecular weight is 469 g/mol. The molecule has 8 nitrogen and oxygen atoms in total. The zero-order chi connectivity index (χ0) is 24.4. The minimum atomic E-state index is -3.92. The molecule has 9 heteroatoms. The van der Waals surface area contributed by atoms with Crippen LogP contribution in [-0.4, -0.2) is 39.4 Å². The summed E-state index contributed by atoms with van der Waals surface area (Å²) in [5.41, 5.74) is 0.906. The Balaban J connectivity index is 1.88. The summed E-state index contributed by atoms with van der Waals surface area (Å²) in [6.45, 7) is 5.44. The third-order valence-electron chi connectivity index (χ3n) is 4.90. The Labute approximate surface area is 194 Å².